The van der Waals surface area contributed by atoms with Gasteiger partial charge in [0.1, 0.15) is 0 Å². The first-order valence-corrected chi connectivity index (χ1v) is 8.97. The largest absolute Gasteiger partial charge is 0.465 e. The van der Waals surface area contributed by atoms with Crippen LogP contribution in [0, 0.1) is 0 Å². The Morgan fingerprint density at radius 2 is 1.92 bits per heavy atom. The molecular formula is C18H14BrCl2NO3. The van der Waals surface area contributed by atoms with Crippen LogP contribution < -0.4 is 0 Å². The Bertz CT molecular complexity index is 864. The number of methoxy groups -OCH3 is 1. The van der Waals surface area contributed by atoms with Gasteiger partial charge >= 0.3 is 5.97 Å². The second-order valence-corrected chi connectivity index (χ2v) is 7.61. The molecule has 7 heteroatoms. The van der Waals surface area contributed by atoms with Gasteiger partial charge in [-0.25, -0.2) is 4.79 Å². The molecule has 4 nitrogen and oxygen atoms in total. The van der Waals surface area contributed by atoms with Crippen LogP contribution in [0.5, 0.6) is 0 Å². The van der Waals surface area contributed by atoms with E-state index in [0.717, 1.165) is 16.8 Å². The van der Waals surface area contributed by atoms with Crippen LogP contribution in [0.15, 0.2) is 46.0 Å². The SMILES string of the molecule is COC(=O)c1ccc(C2=NOC(C)(c3cc(Cl)cc(Cl)c3)C2)cc1Br. The number of ether oxygens (including phenoxy) is 1. The maximum atomic E-state index is 11.7. The summed E-state index contributed by atoms with van der Waals surface area (Å²) in [6.07, 6.45) is 0.549. The minimum absolute atomic E-state index is 0.401. The fraction of sp³-hybridized carbons (Fsp3) is 0.222. The number of nitrogens with zero attached hydrogens (tertiary/aromatic N) is 1. The summed E-state index contributed by atoms with van der Waals surface area (Å²) >= 11 is 15.6. The van der Waals surface area contributed by atoms with Gasteiger partial charge in [-0.2, -0.15) is 0 Å². The monoisotopic (exact) mass is 441 g/mol. The first kappa shape index (κ1) is 18.2. The number of hydrogen-bond donors (Lipinski definition) is 0. The lowest BCUT2D eigenvalue weighted by molar-refractivity contribution is -0.00737. The van der Waals surface area contributed by atoms with E-state index in [2.05, 4.69) is 21.1 Å². The van der Waals surface area contributed by atoms with Gasteiger partial charge in [-0.05, 0) is 53.2 Å². The average Bonchev–Trinajstić information content (AvgIpc) is 2.97. The fourth-order valence-electron chi connectivity index (χ4n) is 2.68. The number of esters is 1. The Balaban J connectivity index is 1.87. The molecule has 1 aliphatic rings. The Labute approximate surface area is 163 Å². The highest BCUT2D eigenvalue weighted by Crippen LogP contribution is 2.38. The molecular weight excluding hydrogens is 429 g/mol. The van der Waals surface area contributed by atoms with E-state index in [1.165, 1.54) is 7.11 Å². The number of halogens is 3. The summed E-state index contributed by atoms with van der Waals surface area (Å²) in [5.74, 6) is -0.401. The van der Waals surface area contributed by atoms with Crippen molar-refractivity contribution in [3.8, 4) is 0 Å². The Kier molecular flexibility index (Phi) is 5.09. The van der Waals surface area contributed by atoms with E-state index in [1.807, 2.05) is 31.2 Å². The summed E-state index contributed by atoms with van der Waals surface area (Å²) < 4.78 is 5.38. The maximum absolute atomic E-state index is 11.7. The lowest BCUT2D eigenvalue weighted by atomic mass is 9.89. The Morgan fingerprint density at radius 1 is 1.24 bits per heavy atom. The lowest BCUT2D eigenvalue weighted by Gasteiger charge is -2.22. The van der Waals surface area contributed by atoms with Crippen LogP contribution >= 0.6 is 39.1 Å². The van der Waals surface area contributed by atoms with Crippen molar-refractivity contribution in [1.29, 1.82) is 0 Å². The van der Waals surface area contributed by atoms with Gasteiger partial charge in [0.25, 0.3) is 0 Å². The topological polar surface area (TPSA) is 47.9 Å². The first-order valence-electron chi connectivity index (χ1n) is 7.42. The molecule has 0 fully saturated rings. The molecule has 0 N–H and O–H groups in total. The highest BCUT2D eigenvalue weighted by molar-refractivity contribution is 9.10. The third kappa shape index (κ3) is 3.68. The van der Waals surface area contributed by atoms with Crippen molar-refractivity contribution in [2.75, 3.05) is 7.11 Å². The standard InChI is InChI=1S/C18H14BrCl2NO3/c1-18(11-6-12(20)8-13(21)7-11)9-16(22-25-18)10-3-4-14(15(19)5-10)17(23)24-2/h3-8H,9H2,1-2H3. The zero-order valence-electron chi connectivity index (χ0n) is 13.5. The first-order chi connectivity index (χ1) is 11.8. The van der Waals surface area contributed by atoms with Crippen molar-refractivity contribution in [2.24, 2.45) is 5.16 Å². The molecule has 0 saturated heterocycles. The van der Waals surface area contributed by atoms with E-state index in [9.17, 15) is 4.79 Å². The minimum Gasteiger partial charge on any atom is -0.465 e. The van der Waals surface area contributed by atoms with E-state index < -0.39 is 11.6 Å². The van der Waals surface area contributed by atoms with Crippen molar-refractivity contribution in [3.63, 3.8) is 0 Å². The summed E-state index contributed by atoms with van der Waals surface area (Å²) in [6, 6.07) is 10.7. The molecule has 0 saturated carbocycles. The predicted molar refractivity (Wildman–Crippen MR) is 102 cm³/mol. The number of benzene rings is 2. The van der Waals surface area contributed by atoms with Crippen LogP contribution in [0.1, 0.15) is 34.8 Å². The number of carbonyl (C=O) groups is 1. The highest BCUT2D eigenvalue weighted by Gasteiger charge is 2.37. The molecule has 0 aromatic heterocycles. The molecule has 0 aliphatic carbocycles. The van der Waals surface area contributed by atoms with Crippen LogP contribution in [0.2, 0.25) is 10.0 Å². The summed E-state index contributed by atoms with van der Waals surface area (Å²) in [5.41, 5.74) is 2.29. The minimum atomic E-state index is -0.655. The number of hydrogen-bond acceptors (Lipinski definition) is 4. The van der Waals surface area contributed by atoms with E-state index >= 15 is 0 Å². The molecule has 3 rings (SSSR count). The van der Waals surface area contributed by atoms with Crippen molar-refractivity contribution >= 4 is 50.8 Å². The third-order valence-corrected chi connectivity index (χ3v) is 5.14. The van der Waals surface area contributed by atoms with Crippen molar-refractivity contribution < 1.29 is 14.4 Å². The third-order valence-electron chi connectivity index (χ3n) is 4.04. The summed E-state index contributed by atoms with van der Waals surface area (Å²) in [7, 11) is 1.35. The van der Waals surface area contributed by atoms with Gasteiger partial charge in [-0.15, -0.1) is 0 Å². The predicted octanol–water partition coefficient (Wildman–Crippen LogP) is 5.58. The van der Waals surface area contributed by atoms with Gasteiger partial charge in [0.15, 0.2) is 5.60 Å². The van der Waals surface area contributed by atoms with Gasteiger partial charge < -0.3 is 9.57 Å². The molecule has 130 valence electrons. The zero-order valence-corrected chi connectivity index (χ0v) is 16.6. The second kappa shape index (κ2) is 6.98. The van der Waals surface area contributed by atoms with Crippen LogP contribution in [0.4, 0.5) is 0 Å². The molecule has 2 aromatic carbocycles. The summed E-state index contributed by atoms with van der Waals surface area (Å²) in [6.45, 7) is 1.93. The van der Waals surface area contributed by atoms with Crippen LogP contribution in [-0.4, -0.2) is 18.8 Å². The second-order valence-electron chi connectivity index (χ2n) is 5.88. The molecule has 1 heterocycles. The zero-order chi connectivity index (χ0) is 18.2. The number of rotatable bonds is 3. The molecule has 0 radical (unpaired) electrons. The highest BCUT2D eigenvalue weighted by atomic mass is 79.9. The Hall–Kier alpha value is -1.56. The van der Waals surface area contributed by atoms with E-state index in [1.54, 1.807) is 12.1 Å². The molecule has 0 bridgehead atoms. The average molecular weight is 443 g/mol. The van der Waals surface area contributed by atoms with Gasteiger partial charge in [-0.1, -0.05) is 34.4 Å². The molecule has 1 aliphatic heterocycles. The molecule has 1 atom stereocenters. The summed E-state index contributed by atoms with van der Waals surface area (Å²) in [4.78, 5) is 17.4. The summed E-state index contributed by atoms with van der Waals surface area (Å²) in [5, 5.41) is 5.32. The van der Waals surface area contributed by atoms with Crippen molar-refractivity contribution in [2.45, 2.75) is 18.9 Å². The van der Waals surface area contributed by atoms with E-state index in [4.69, 9.17) is 32.8 Å². The van der Waals surface area contributed by atoms with Gasteiger partial charge in [0.2, 0.25) is 0 Å². The van der Waals surface area contributed by atoms with Crippen LogP contribution in [0.3, 0.4) is 0 Å². The maximum Gasteiger partial charge on any atom is 0.339 e. The molecule has 2 aromatic rings. The Morgan fingerprint density at radius 3 is 2.52 bits per heavy atom. The smallest absolute Gasteiger partial charge is 0.339 e. The molecule has 0 amide bonds. The quantitative estimate of drug-likeness (QED) is 0.582. The van der Waals surface area contributed by atoms with Crippen LogP contribution in [0.25, 0.3) is 0 Å². The molecule has 25 heavy (non-hydrogen) atoms. The van der Waals surface area contributed by atoms with Crippen molar-refractivity contribution in [3.05, 3.63) is 67.6 Å². The van der Waals surface area contributed by atoms with E-state index in [0.29, 0.717) is 26.5 Å². The number of carbonyl (C=O) groups excluding carboxylic acids is 1. The normalized spacial score (nSPS) is 19.3. The van der Waals surface area contributed by atoms with Gasteiger partial charge in [0, 0.05) is 32.1 Å². The van der Waals surface area contributed by atoms with Crippen LogP contribution in [-0.2, 0) is 15.2 Å². The number of oxime groups is 1. The van der Waals surface area contributed by atoms with Gasteiger partial charge in [0.05, 0.1) is 18.4 Å². The molecule has 1 unspecified atom stereocenters. The van der Waals surface area contributed by atoms with Crippen molar-refractivity contribution in [1.82, 2.24) is 0 Å². The fourth-order valence-corrected chi connectivity index (χ4v) is 3.75. The lowest BCUT2D eigenvalue weighted by Crippen LogP contribution is -2.22. The van der Waals surface area contributed by atoms with E-state index in [-0.39, 0.29) is 0 Å². The van der Waals surface area contributed by atoms with Gasteiger partial charge in [-0.3, -0.25) is 0 Å². The molecule has 0 spiro atoms.